The van der Waals surface area contributed by atoms with Crippen LogP contribution in [0, 0.1) is 0 Å². The molecule has 0 aliphatic rings. The van der Waals surface area contributed by atoms with Crippen molar-refractivity contribution in [2.75, 3.05) is 19.0 Å². The van der Waals surface area contributed by atoms with E-state index in [0.29, 0.717) is 15.8 Å². The third kappa shape index (κ3) is 7.60. The van der Waals surface area contributed by atoms with E-state index in [0.717, 1.165) is 30.0 Å². The van der Waals surface area contributed by atoms with Crippen LogP contribution in [0.15, 0.2) is 47.4 Å². The fourth-order valence-corrected chi connectivity index (χ4v) is 4.71. The Kier molecular flexibility index (Phi) is 10.5. The van der Waals surface area contributed by atoms with Crippen LogP contribution in [0.4, 0.5) is 5.69 Å². The number of halogens is 2. The van der Waals surface area contributed by atoms with Crippen LogP contribution < -0.4 is 14.8 Å². The second-order valence-corrected chi connectivity index (χ2v) is 8.99. The molecule has 0 bridgehead atoms. The van der Waals surface area contributed by atoms with E-state index in [4.69, 9.17) is 27.9 Å². The molecule has 0 aliphatic carbocycles. The van der Waals surface area contributed by atoms with Gasteiger partial charge in [-0.15, -0.1) is 0 Å². The van der Waals surface area contributed by atoms with E-state index in [2.05, 4.69) is 48.2 Å². The van der Waals surface area contributed by atoms with Crippen molar-refractivity contribution in [1.82, 2.24) is 4.72 Å². The molecule has 0 aromatic heterocycles. The van der Waals surface area contributed by atoms with E-state index >= 15 is 0 Å². The van der Waals surface area contributed by atoms with E-state index in [1.807, 2.05) is 12.1 Å². The second kappa shape index (κ2) is 12.6. The monoisotopic (exact) mass is 454 g/mol. The van der Waals surface area contributed by atoms with E-state index in [1.165, 1.54) is 25.7 Å². The van der Waals surface area contributed by atoms with Gasteiger partial charge in [-0.2, -0.15) is 0 Å². The Hall–Kier alpha value is -1.07. The van der Waals surface area contributed by atoms with E-state index in [9.17, 15) is 0 Å². The maximum Gasteiger partial charge on any atom is 0.138 e. The molecule has 0 fully saturated rings. The van der Waals surface area contributed by atoms with E-state index in [1.54, 1.807) is 25.1 Å². The van der Waals surface area contributed by atoms with Crippen molar-refractivity contribution in [2.24, 2.45) is 0 Å². The predicted octanol–water partition coefficient (Wildman–Crippen LogP) is 7.83. The number of nitrogens with one attached hydrogen (secondary N) is 2. The molecule has 0 aliphatic heterocycles. The average Bonchev–Trinajstić information content (AvgIpc) is 2.74. The van der Waals surface area contributed by atoms with Gasteiger partial charge < -0.3 is 10.1 Å². The molecule has 0 amide bonds. The topological polar surface area (TPSA) is 33.3 Å². The van der Waals surface area contributed by atoms with Crippen molar-refractivity contribution in [3.05, 3.63) is 52.5 Å². The summed E-state index contributed by atoms with van der Waals surface area (Å²) in [6.45, 7) is 5.33. The lowest BCUT2D eigenvalue weighted by Crippen LogP contribution is -2.47. The van der Waals surface area contributed by atoms with Crippen LogP contribution in [-0.2, 0) is 0 Å². The molecule has 0 unspecified atom stereocenters. The number of hydrogen-bond donors (Lipinski definition) is 2. The van der Waals surface area contributed by atoms with Crippen LogP contribution in [0.2, 0.25) is 10.0 Å². The van der Waals surface area contributed by atoms with Crippen LogP contribution in [0.1, 0.15) is 52.4 Å². The van der Waals surface area contributed by atoms with Gasteiger partial charge in [-0.1, -0.05) is 80.9 Å². The molecule has 6 heteroatoms. The molecular weight excluding hydrogens is 423 g/mol. The molecule has 160 valence electrons. The number of anilines is 1. The van der Waals surface area contributed by atoms with Crippen molar-refractivity contribution in [2.45, 2.75) is 62.8 Å². The van der Waals surface area contributed by atoms with Crippen molar-refractivity contribution in [3.63, 3.8) is 0 Å². The Labute approximate surface area is 190 Å². The minimum atomic E-state index is -0.0390. The van der Waals surface area contributed by atoms with Gasteiger partial charge in [-0.05, 0) is 49.1 Å². The average molecular weight is 455 g/mol. The first kappa shape index (κ1) is 24.2. The summed E-state index contributed by atoms with van der Waals surface area (Å²) in [5.41, 5.74) is 1.10. The van der Waals surface area contributed by atoms with E-state index in [-0.39, 0.29) is 5.54 Å². The highest BCUT2D eigenvalue weighted by atomic mass is 35.5. The summed E-state index contributed by atoms with van der Waals surface area (Å²) in [6, 6.07) is 14.0. The second-order valence-electron chi connectivity index (χ2n) is 7.33. The van der Waals surface area contributed by atoms with Gasteiger partial charge in [0.15, 0.2) is 0 Å². The zero-order valence-electron chi connectivity index (χ0n) is 17.6. The summed E-state index contributed by atoms with van der Waals surface area (Å²) in [5, 5.41) is 4.78. The fraction of sp³-hybridized carbons (Fsp3) is 0.478. The van der Waals surface area contributed by atoms with Crippen molar-refractivity contribution in [1.29, 1.82) is 0 Å². The standard InChI is InChI=1S/C23H32Cl2N2OS/c1-4-6-13-23(14-7-5-2,17-26-18-11-9-8-10-12-18)27-29-22-16-21(28-3)19(24)15-20(22)25/h8-12,15-16,26-27H,4-7,13-14,17H2,1-3H3. The summed E-state index contributed by atoms with van der Waals surface area (Å²) in [5.74, 6) is 0.635. The summed E-state index contributed by atoms with van der Waals surface area (Å²) in [4.78, 5) is 0.921. The molecule has 2 aromatic rings. The van der Waals surface area contributed by atoms with Crippen LogP contribution in [-0.4, -0.2) is 19.2 Å². The van der Waals surface area contributed by atoms with Crippen LogP contribution in [0.25, 0.3) is 0 Å². The third-order valence-corrected chi connectivity index (χ3v) is 6.82. The van der Waals surface area contributed by atoms with Gasteiger partial charge in [0, 0.05) is 22.7 Å². The van der Waals surface area contributed by atoms with Crippen LogP contribution in [0.5, 0.6) is 5.75 Å². The highest BCUT2D eigenvalue weighted by molar-refractivity contribution is 7.97. The summed E-state index contributed by atoms with van der Waals surface area (Å²) in [7, 11) is 1.62. The number of unbranched alkanes of at least 4 members (excludes halogenated alkanes) is 2. The Morgan fingerprint density at radius 3 is 2.21 bits per heavy atom. The first-order valence-electron chi connectivity index (χ1n) is 10.3. The number of methoxy groups -OCH3 is 1. The normalized spacial score (nSPS) is 11.5. The molecular formula is C23H32Cl2N2OS. The first-order valence-corrected chi connectivity index (χ1v) is 11.9. The number of ether oxygens (including phenoxy) is 1. The molecule has 2 N–H and O–H groups in total. The quantitative estimate of drug-likeness (QED) is 0.302. The molecule has 29 heavy (non-hydrogen) atoms. The number of rotatable bonds is 13. The van der Waals surface area contributed by atoms with Gasteiger partial charge >= 0.3 is 0 Å². The van der Waals surface area contributed by atoms with Crippen LogP contribution >= 0.6 is 35.1 Å². The molecule has 2 rings (SSSR count). The molecule has 0 radical (unpaired) electrons. The lowest BCUT2D eigenvalue weighted by atomic mass is 9.88. The Balaban J connectivity index is 2.20. The molecule has 0 saturated heterocycles. The zero-order chi connectivity index (χ0) is 21.1. The lowest BCUT2D eigenvalue weighted by molar-refractivity contribution is 0.336. The number of para-hydroxylation sites is 1. The highest BCUT2D eigenvalue weighted by Gasteiger charge is 2.29. The maximum atomic E-state index is 6.45. The van der Waals surface area contributed by atoms with Gasteiger partial charge in [0.2, 0.25) is 0 Å². The number of benzene rings is 2. The van der Waals surface area contributed by atoms with Crippen LogP contribution in [0.3, 0.4) is 0 Å². The fourth-order valence-electron chi connectivity index (χ4n) is 3.21. The molecule has 0 heterocycles. The molecule has 0 saturated carbocycles. The third-order valence-electron chi connectivity index (χ3n) is 5.01. The molecule has 0 atom stereocenters. The highest BCUT2D eigenvalue weighted by Crippen LogP contribution is 2.37. The molecule has 3 nitrogen and oxygen atoms in total. The lowest BCUT2D eigenvalue weighted by Gasteiger charge is -2.35. The zero-order valence-corrected chi connectivity index (χ0v) is 19.9. The van der Waals surface area contributed by atoms with Gasteiger partial charge in [-0.3, -0.25) is 4.72 Å². The van der Waals surface area contributed by atoms with Gasteiger partial charge in [0.25, 0.3) is 0 Å². The Bertz CT molecular complexity index is 735. The van der Waals surface area contributed by atoms with Crippen molar-refractivity contribution >= 4 is 40.8 Å². The largest absolute Gasteiger partial charge is 0.495 e. The summed E-state index contributed by atoms with van der Waals surface area (Å²) < 4.78 is 9.14. The number of hydrogen-bond acceptors (Lipinski definition) is 4. The summed E-state index contributed by atoms with van der Waals surface area (Å²) >= 11 is 14.2. The predicted molar refractivity (Wildman–Crippen MR) is 129 cm³/mol. The Morgan fingerprint density at radius 1 is 0.966 bits per heavy atom. The Morgan fingerprint density at radius 2 is 1.62 bits per heavy atom. The minimum absolute atomic E-state index is 0.0390. The van der Waals surface area contributed by atoms with Crippen molar-refractivity contribution < 1.29 is 4.74 Å². The van der Waals surface area contributed by atoms with Gasteiger partial charge in [0.1, 0.15) is 5.75 Å². The van der Waals surface area contributed by atoms with E-state index < -0.39 is 0 Å². The maximum absolute atomic E-state index is 6.45. The summed E-state index contributed by atoms with van der Waals surface area (Å²) in [6.07, 6.45) is 6.87. The van der Waals surface area contributed by atoms with Gasteiger partial charge in [0.05, 0.1) is 17.2 Å². The smallest absolute Gasteiger partial charge is 0.138 e. The molecule has 2 aromatic carbocycles. The van der Waals surface area contributed by atoms with Crippen molar-refractivity contribution in [3.8, 4) is 5.75 Å². The SMILES string of the molecule is CCCCC(CCCC)(CNc1ccccc1)NSc1cc(OC)c(Cl)cc1Cl. The first-order chi connectivity index (χ1) is 14.0. The van der Waals surface area contributed by atoms with Gasteiger partial charge in [-0.25, -0.2) is 0 Å². The molecule has 0 spiro atoms. The minimum Gasteiger partial charge on any atom is -0.495 e.